The summed E-state index contributed by atoms with van der Waals surface area (Å²) in [6, 6.07) is 2.05. The zero-order chi connectivity index (χ0) is 46.4. The lowest BCUT2D eigenvalue weighted by molar-refractivity contribution is -0.122. The van der Waals surface area contributed by atoms with Crippen molar-refractivity contribution < 1.29 is 27.7 Å². The fraction of sp³-hybridized carbons (Fsp3) is 0.938. The molecule has 9 nitrogen and oxygen atoms in total. The smallest absolute Gasteiger partial charge is 0.371 e. The molecule has 3 N–H and O–H groups in total. The first-order chi connectivity index (χ1) is 27.2. The van der Waals surface area contributed by atoms with Crippen LogP contribution in [0.1, 0.15) is 203 Å². The van der Waals surface area contributed by atoms with Gasteiger partial charge in [0.1, 0.15) is 0 Å². The summed E-state index contributed by atoms with van der Waals surface area (Å²) in [4.78, 5) is 34.9. The van der Waals surface area contributed by atoms with Crippen molar-refractivity contribution in [2.75, 3.05) is 19.6 Å². The van der Waals surface area contributed by atoms with Crippen LogP contribution in [0.5, 0.6) is 0 Å². The summed E-state index contributed by atoms with van der Waals surface area (Å²) in [5.41, 5.74) is 2.44. The molecule has 0 atom stereocenters. The molecule has 0 radical (unpaired) electrons. The van der Waals surface area contributed by atoms with Crippen molar-refractivity contribution in [2.24, 2.45) is 23.7 Å². The molecule has 0 unspecified atom stereocenters. The van der Waals surface area contributed by atoms with E-state index in [1.165, 1.54) is 12.5 Å². The monoisotopic (exact) mass is 874 g/mol. The second kappa shape index (κ2) is 35.2. The molecule has 0 aromatic heterocycles. The van der Waals surface area contributed by atoms with Gasteiger partial charge in [0.05, 0.1) is 8.07 Å². The second-order valence-electron chi connectivity index (χ2n) is 20.3. The van der Waals surface area contributed by atoms with E-state index in [1.807, 2.05) is 41.5 Å². The third-order valence-corrected chi connectivity index (χ3v) is 21.8. The Labute approximate surface area is 370 Å². The van der Waals surface area contributed by atoms with Crippen molar-refractivity contribution >= 4 is 34.6 Å². The van der Waals surface area contributed by atoms with Crippen molar-refractivity contribution in [1.29, 1.82) is 0 Å². The Hall–Kier alpha value is -1.28. The lowest BCUT2D eigenvalue weighted by atomic mass is 10.1. The van der Waals surface area contributed by atoms with Crippen LogP contribution in [0.25, 0.3) is 0 Å². The van der Waals surface area contributed by atoms with Crippen LogP contribution in [-0.2, 0) is 27.7 Å². The van der Waals surface area contributed by atoms with E-state index in [-0.39, 0.29) is 36.0 Å². The Morgan fingerprint density at radius 3 is 0.915 bits per heavy atom. The van der Waals surface area contributed by atoms with Gasteiger partial charge in [-0.1, -0.05) is 120 Å². The van der Waals surface area contributed by atoms with Crippen LogP contribution >= 0.6 is 0 Å². The molecule has 0 heterocycles. The van der Waals surface area contributed by atoms with Gasteiger partial charge in [-0.3, -0.25) is 14.4 Å². The van der Waals surface area contributed by atoms with Gasteiger partial charge in [0, 0.05) is 63.3 Å². The minimum atomic E-state index is -2.74. The molecule has 0 bridgehead atoms. The maximum atomic E-state index is 11.8. The zero-order valence-electron chi connectivity index (χ0n) is 42.8. The Morgan fingerprint density at radius 1 is 0.390 bits per heavy atom. The molecule has 0 saturated carbocycles. The normalized spacial score (nSPS) is 12.3. The Morgan fingerprint density at radius 2 is 0.661 bits per heavy atom. The largest absolute Gasteiger partial charge is 0.501 e. The summed E-state index contributed by atoms with van der Waals surface area (Å²) in [6.07, 6.45) is 9.26. The average Bonchev–Trinajstić information content (AvgIpc) is 3.08. The summed E-state index contributed by atoms with van der Waals surface area (Å²) < 4.78 is 18.4. The van der Waals surface area contributed by atoms with Crippen molar-refractivity contribution in [3.8, 4) is 0 Å². The number of hydrogen-bond acceptors (Lipinski definition) is 6. The summed E-state index contributed by atoms with van der Waals surface area (Å²) in [6.45, 7) is 46.1. The van der Waals surface area contributed by atoms with Crippen molar-refractivity contribution in [3.63, 3.8) is 0 Å². The van der Waals surface area contributed by atoms with E-state index in [4.69, 9.17) is 13.3 Å². The molecule has 0 aliphatic heterocycles. The molecule has 3 amide bonds. The molecule has 0 aromatic carbocycles. The lowest BCUT2D eigenvalue weighted by Gasteiger charge is -2.43. The van der Waals surface area contributed by atoms with Gasteiger partial charge >= 0.3 is 8.80 Å². The Kier molecular flexibility index (Phi) is 37.0. The highest BCUT2D eigenvalue weighted by Crippen LogP contribution is 2.45. The van der Waals surface area contributed by atoms with Gasteiger partial charge in [-0.05, 0) is 110 Å². The molecular weight excluding hydrogens is 771 g/mol. The molecule has 0 saturated heterocycles. The van der Waals surface area contributed by atoms with Crippen LogP contribution in [0, 0.1) is 23.7 Å². The molecule has 0 rings (SSSR count). The van der Waals surface area contributed by atoms with E-state index in [2.05, 4.69) is 113 Å². The molecule has 354 valence electrons. The highest BCUT2D eigenvalue weighted by Gasteiger charge is 2.44. The highest BCUT2D eigenvalue weighted by molar-refractivity contribution is 6.83. The van der Waals surface area contributed by atoms with Crippen molar-refractivity contribution in [3.05, 3.63) is 0 Å². The van der Waals surface area contributed by atoms with Gasteiger partial charge < -0.3 is 29.2 Å². The molecule has 0 aliphatic rings. The van der Waals surface area contributed by atoms with Crippen LogP contribution in [0.3, 0.4) is 0 Å². The minimum Gasteiger partial charge on any atom is -0.371 e. The van der Waals surface area contributed by atoms with E-state index in [9.17, 15) is 14.4 Å². The molecule has 0 fully saturated rings. The number of nitrogens with one attached hydrogen (secondary N) is 3. The van der Waals surface area contributed by atoms with Gasteiger partial charge in [0.15, 0.2) is 0 Å². The maximum absolute atomic E-state index is 11.8. The minimum absolute atomic E-state index is 0.0507. The standard InChI is InChI=1S/C18H39NO4Si.C18H39NOSi.C12H25NO/c1-14(2)10-11-18(20)19-12-9-13-24(21-15(3)4,22-16(5)6)23-17(7)8;1-14(2)10-11-18(20)19-12-9-13-21(15(3)4,16(5)6)17(7)8;1-10(2)6-5-9-13-12(14)8-7-11(3)4/h14-17H,9-13H2,1-8H3,(H,19,20);14-17H,9-13H2,1-8H3,(H,19,20);10-11H,5-9H2,1-4H3,(H,13,14). The molecule has 11 heteroatoms. The van der Waals surface area contributed by atoms with E-state index in [0.717, 1.165) is 74.2 Å². The van der Waals surface area contributed by atoms with E-state index < -0.39 is 16.9 Å². The van der Waals surface area contributed by atoms with Crippen molar-refractivity contribution in [2.45, 2.75) is 250 Å². The fourth-order valence-corrected chi connectivity index (χ4v) is 17.4. The van der Waals surface area contributed by atoms with E-state index in [1.54, 1.807) is 0 Å². The SMILES string of the molecule is CC(C)CCC(=O)NCCC[Si](C(C)C)(C(C)C)C(C)C.CC(C)CCC(=O)NCCC[Si](OC(C)C)(OC(C)C)OC(C)C.CC(C)CCCNC(=O)CCC(C)C. The van der Waals surface area contributed by atoms with E-state index >= 15 is 0 Å². The highest BCUT2D eigenvalue weighted by atomic mass is 28.4. The van der Waals surface area contributed by atoms with Crippen molar-refractivity contribution in [1.82, 2.24) is 16.0 Å². The van der Waals surface area contributed by atoms with Crippen LogP contribution in [0.4, 0.5) is 0 Å². The third-order valence-electron chi connectivity index (χ3n) is 10.7. The first-order valence-corrected chi connectivity index (χ1v) is 28.4. The predicted molar refractivity (Wildman–Crippen MR) is 260 cm³/mol. The molecule has 0 spiro atoms. The summed E-state index contributed by atoms with van der Waals surface area (Å²) in [5, 5.41) is 9.05. The fourth-order valence-electron chi connectivity index (χ4n) is 7.62. The Bertz CT molecular complexity index is 999. The molecular formula is C48H103N3O6Si2. The molecule has 0 aliphatic carbocycles. The topological polar surface area (TPSA) is 115 Å². The van der Waals surface area contributed by atoms with E-state index in [0.29, 0.717) is 49.6 Å². The Balaban J connectivity index is -0.000000825. The van der Waals surface area contributed by atoms with Crippen LogP contribution in [0.2, 0.25) is 28.7 Å². The number of amides is 3. The van der Waals surface area contributed by atoms with Gasteiger partial charge in [-0.2, -0.15) is 0 Å². The maximum Gasteiger partial charge on any atom is 0.501 e. The van der Waals surface area contributed by atoms with Crippen LogP contribution in [0.15, 0.2) is 0 Å². The van der Waals surface area contributed by atoms with Gasteiger partial charge in [0.2, 0.25) is 17.7 Å². The third kappa shape index (κ3) is 34.9. The zero-order valence-corrected chi connectivity index (χ0v) is 44.8. The van der Waals surface area contributed by atoms with Crippen LogP contribution in [-0.4, -0.2) is 72.5 Å². The number of carbonyl (C=O) groups is 3. The lowest BCUT2D eigenvalue weighted by Crippen LogP contribution is -2.51. The summed E-state index contributed by atoms with van der Waals surface area (Å²) in [5.74, 6) is 3.08. The number of rotatable bonds is 30. The summed E-state index contributed by atoms with van der Waals surface area (Å²) in [7, 11) is -4.03. The first-order valence-electron chi connectivity index (χ1n) is 24.1. The van der Waals surface area contributed by atoms with Crippen LogP contribution < -0.4 is 16.0 Å². The van der Waals surface area contributed by atoms with Gasteiger partial charge in [-0.25, -0.2) is 0 Å². The average molecular weight is 875 g/mol. The summed E-state index contributed by atoms with van der Waals surface area (Å²) >= 11 is 0. The quantitative estimate of drug-likeness (QED) is 0.0489. The predicted octanol–water partition coefficient (Wildman–Crippen LogP) is 12.7. The first kappa shape index (κ1) is 62.0. The molecule has 0 aromatic rings. The number of hydrogen-bond donors (Lipinski definition) is 3. The van der Waals surface area contributed by atoms with Gasteiger partial charge in [0.25, 0.3) is 0 Å². The number of carbonyl (C=O) groups excluding carboxylic acids is 3. The molecule has 59 heavy (non-hydrogen) atoms. The van der Waals surface area contributed by atoms with Gasteiger partial charge in [-0.15, -0.1) is 0 Å². The second-order valence-corrected chi connectivity index (χ2v) is 29.1.